The molecule has 39 heavy (non-hydrogen) atoms. The number of esters is 1. The minimum Gasteiger partial charge on any atom is -0.465 e. The quantitative estimate of drug-likeness (QED) is 0.457. The van der Waals surface area contributed by atoms with E-state index in [9.17, 15) is 19.5 Å². The Balaban J connectivity index is 1.72. The van der Waals surface area contributed by atoms with Crippen LogP contribution in [0, 0.1) is 31.6 Å². The average molecular weight is 537 g/mol. The van der Waals surface area contributed by atoms with Gasteiger partial charge in [-0.3, -0.25) is 14.4 Å². The molecule has 4 aliphatic heterocycles. The number of benzene rings is 1. The van der Waals surface area contributed by atoms with Gasteiger partial charge in [0.2, 0.25) is 5.91 Å². The summed E-state index contributed by atoms with van der Waals surface area (Å²) in [5.41, 5.74) is 0.182. The van der Waals surface area contributed by atoms with Crippen molar-refractivity contribution in [2.45, 2.75) is 77.2 Å². The molecular weight excluding hydrogens is 496 g/mol. The number of aliphatic hydroxyl groups excluding tert-OH is 1. The molecule has 8 nitrogen and oxygen atoms in total. The van der Waals surface area contributed by atoms with Crippen molar-refractivity contribution in [3.63, 3.8) is 0 Å². The molecule has 210 valence electrons. The standard InChI is InChI=1S/C31H40N2O6/c1-6-19(2)22(18-34)33-26-28(36)32(25-20(3)12-10-13-21(25)4)16-11-15-31(26)23(27(33)35)24-29(37)38-17-9-7-8-14-30(24,5)39-31/h8,10-15,19,22-24,26,34H,6-7,9,16-18H2,1-5H3/b14-8-/t19-,22-,23-,24+,26?,30-,31-/m0/s1. The monoisotopic (exact) mass is 536 g/mol. The maximum absolute atomic E-state index is 14.7. The van der Waals surface area contributed by atoms with Crippen LogP contribution < -0.4 is 4.90 Å². The van der Waals surface area contributed by atoms with Crippen LogP contribution in [0.4, 0.5) is 5.69 Å². The molecular formula is C31H40N2O6. The number of likely N-dealkylation sites (tertiary alicyclic amines) is 1. The first kappa shape index (κ1) is 27.6. The first-order valence-corrected chi connectivity index (χ1v) is 14.1. The topological polar surface area (TPSA) is 96.4 Å². The van der Waals surface area contributed by atoms with Crippen molar-refractivity contribution in [1.29, 1.82) is 0 Å². The van der Waals surface area contributed by atoms with Crippen molar-refractivity contribution < 1.29 is 29.0 Å². The zero-order valence-corrected chi connectivity index (χ0v) is 23.6. The molecule has 5 rings (SSSR count). The van der Waals surface area contributed by atoms with Crippen LogP contribution >= 0.6 is 0 Å². The molecule has 1 N–H and O–H groups in total. The number of allylic oxidation sites excluding steroid dienone is 1. The molecule has 0 saturated carbocycles. The van der Waals surface area contributed by atoms with Crippen molar-refractivity contribution in [1.82, 2.24) is 4.90 Å². The lowest BCUT2D eigenvalue weighted by molar-refractivity contribution is -0.160. The molecule has 2 fully saturated rings. The number of hydrogen-bond acceptors (Lipinski definition) is 6. The SMILES string of the molecule is CC[C@H](C)[C@H](CO)N1C(=O)[C@@H]2[C@@H]3C(=O)OCCC/C=C\[C@]3(C)O[C@@]23C=CCN(c2c(C)cccc2C)C(=O)C13. The van der Waals surface area contributed by atoms with E-state index in [0.29, 0.717) is 19.4 Å². The second-order valence-electron chi connectivity index (χ2n) is 11.7. The number of anilines is 1. The fourth-order valence-electron chi connectivity index (χ4n) is 7.18. The molecule has 2 amide bonds. The van der Waals surface area contributed by atoms with Crippen LogP contribution in [0.3, 0.4) is 0 Å². The maximum atomic E-state index is 14.7. The van der Waals surface area contributed by atoms with Crippen LogP contribution in [-0.4, -0.2) is 70.8 Å². The summed E-state index contributed by atoms with van der Waals surface area (Å²) in [7, 11) is 0. The number of aryl methyl sites for hydroxylation is 2. The number of cyclic esters (lactones) is 1. The molecule has 4 heterocycles. The van der Waals surface area contributed by atoms with Gasteiger partial charge in [-0.1, -0.05) is 62.8 Å². The number of carbonyl (C=O) groups is 3. The van der Waals surface area contributed by atoms with E-state index in [0.717, 1.165) is 23.2 Å². The molecule has 1 aromatic carbocycles. The number of rotatable bonds is 5. The molecule has 1 aromatic rings. The van der Waals surface area contributed by atoms with E-state index in [1.807, 2.05) is 77.1 Å². The Bertz CT molecular complexity index is 1210. The first-order chi connectivity index (χ1) is 18.6. The molecule has 0 aromatic heterocycles. The zero-order chi connectivity index (χ0) is 28.1. The highest BCUT2D eigenvalue weighted by Crippen LogP contribution is 2.58. The third-order valence-electron chi connectivity index (χ3n) is 9.24. The van der Waals surface area contributed by atoms with Gasteiger partial charge in [-0.05, 0) is 50.7 Å². The smallest absolute Gasteiger partial charge is 0.313 e. The molecule has 0 bridgehead atoms. The second-order valence-corrected chi connectivity index (χ2v) is 11.7. The number of carbonyl (C=O) groups excluding carboxylic acids is 3. The Labute approximate surface area is 230 Å². The highest BCUT2D eigenvalue weighted by Gasteiger charge is 2.75. The van der Waals surface area contributed by atoms with Gasteiger partial charge >= 0.3 is 5.97 Å². The summed E-state index contributed by atoms with van der Waals surface area (Å²) in [4.78, 5) is 46.1. The van der Waals surface area contributed by atoms with Crippen molar-refractivity contribution in [2.24, 2.45) is 17.8 Å². The van der Waals surface area contributed by atoms with E-state index in [1.165, 1.54) is 0 Å². The summed E-state index contributed by atoms with van der Waals surface area (Å²) >= 11 is 0. The lowest BCUT2D eigenvalue weighted by atomic mass is 9.74. The van der Waals surface area contributed by atoms with E-state index in [-0.39, 0.29) is 30.9 Å². The molecule has 2 saturated heterocycles. The molecule has 0 aliphatic carbocycles. The van der Waals surface area contributed by atoms with Crippen LogP contribution in [-0.2, 0) is 23.9 Å². The molecule has 0 radical (unpaired) electrons. The molecule has 8 heteroatoms. The minimum atomic E-state index is -1.39. The summed E-state index contributed by atoms with van der Waals surface area (Å²) < 4.78 is 12.5. The third-order valence-corrected chi connectivity index (χ3v) is 9.24. The predicted octanol–water partition coefficient (Wildman–Crippen LogP) is 3.48. The number of para-hydroxylation sites is 1. The Morgan fingerprint density at radius 1 is 1.08 bits per heavy atom. The van der Waals surface area contributed by atoms with Gasteiger partial charge < -0.3 is 24.4 Å². The lowest BCUT2D eigenvalue weighted by Crippen LogP contribution is -2.60. The highest BCUT2D eigenvalue weighted by atomic mass is 16.6. The maximum Gasteiger partial charge on any atom is 0.313 e. The second kappa shape index (κ2) is 10.2. The van der Waals surface area contributed by atoms with Crippen LogP contribution in [0.15, 0.2) is 42.5 Å². The lowest BCUT2D eigenvalue weighted by Gasteiger charge is -2.41. The summed E-state index contributed by atoms with van der Waals surface area (Å²) in [6.07, 6.45) is 9.68. The van der Waals surface area contributed by atoms with Crippen molar-refractivity contribution in [2.75, 3.05) is 24.7 Å². The fraction of sp³-hybridized carbons (Fsp3) is 0.581. The van der Waals surface area contributed by atoms with Crippen molar-refractivity contribution in [3.05, 3.63) is 53.6 Å². The Morgan fingerprint density at radius 2 is 1.79 bits per heavy atom. The molecule has 7 atom stereocenters. The molecule has 4 aliphatic rings. The van der Waals surface area contributed by atoms with Gasteiger partial charge in [-0.2, -0.15) is 0 Å². The summed E-state index contributed by atoms with van der Waals surface area (Å²) in [5.74, 6) is -3.07. The van der Waals surface area contributed by atoms with Crippen LogP contribution in [0.5, 0.6) is 0 Å². The number of ether oxygens (including phenoxy) is 2. The largest absolute Gasteiger partial charge is 0.465 e. The third kappa shape index (κ3) is 4.14. The van der Waals surface area contributed by atoms with Crippen molar-refractivity contribution in [3.8, 4) is 0 Å². The van der Waals surface area contributed by atoms with E-state index < -0.39 is 41.1 Å². The van der Waals surface area contributed by atoms with Crippen LogP contribution in [0.25, 0.3) is 0 Å². The Hall–Kier alpha value is -2.97. The van der Waals surface area contributed by atoms with Gasteiger partial charge in [0.1, 0.15) is 17.6 Å². The first-order valence-electron chi connectivity index (χ1n) is 14.1. The van der Waals surface area contributed by atoms with E-state index in [1.54, 1.807) is 9.80 Å². The number of amides is 2. The highest BCUT2D eigenvalue weighted by molar-refractivity contribution is 6.06. The fourth-order valence-corrected chi connectivity index (χ4v) is 7.18. The van der Waals surface area contributed by atoms with Crippen molar-refractivity contribution >= 4 is 23.5 Å². The summed E-state index contributed by atoms with van der Waals surface area (Å²) in [6, 6.07) is 4.23. The van der Waals surface area contributed by atoms with Gasteiger partial charge in [0.25, 0.3) is 5.91 Å². The number of nitrogens with zero attached hydrogens (tertiary/aromatic N) is 2. The predicted molar refractivity (Wildman–Crippen MR) is 147 cm³/mol. The van der Waals surface area contributed by atoms with Gasteiger partial charge in [0, 0.05) is 12.2 Å². The van der Waals surface area contributed by atoms with Gasteiger partial charge in [0.05, 0.1) is 30.8 Å². The van der Waals surface area contributed by atoms with Crippen LogP contribution in [0.2, 0.25) is 0 Å². The normalized spacial score (nSPS) is 34.7. The zero-order valence-electron chi connectivity index (χ0n) is 23.6. The van der Waals surface area contributed by atoms with E-state index in [2.05, 4.69) is 0 Å². The average Bonchev–Trinajstić information content (AvgIpc) is 3.25. The van der Waals surface area contributed by atoms with Gasteiger partial charge in [-0.25, -0.2) is 0 Å². The van der Waals surface area contributed by atoms with Crippen LogP contribution in [0.1, 0.15) is 51.2 Å². The van der Waals surface area contributed by atoms with Gasteiger partial charge in [0.15, 0.2) is 0 Å². The minimum absolute atomic E-state index is 0.0812. The Morgan fingerprint density at radius 3 is 2.46 bits per heavy atom. The molecule has 1 spiro atoms. The van der Waals surface area contributed by atoms with Gasteiger partial charge in [-0.15, -0.1) is 0 Å². The summed E-state index contributed by atoms with van der Waals surface area (Å²) in [5, 5.41) is 10.6. The Kier molecular flexibility index (Phi) is 7.22. The number of aliphatic hydroxyl groups is 1. The molecule has 1 unspecified atom stereocenters. The van der Waals surface area contributed by atoms with E-state index in [4.69, 9.17) is 9.47 Å². The number of fused-ring (bicyclic) bond motifs is 2. The summed E-state index contributed by atoms with van der Waals surface area (Å²) in [6.45, 7) is 9.98. The van der Waals surface area contributed by atoms with E-state index >= 15 is 0 Å². The number of hydrogen-bond donors (Lipinski definition) is 1.